The normalized spacial score (nSPS) is 14.1. The van der Waals surface area contributed by atoms with E-state index in [9.17, 15) is 9.59 Å². The lowest BCUT2D eigenvalue weighted by Crippen LogP contribution is -2.23. The van der Waals surface area contributed by atoms with Crippen molar-refractivity contribution in [3.05, 3.63) is 48.2 Å². The van der Waals surface area contributed by atoms with Crippen molar-refractivity contribution >= 4 is 35.0 Å². The molecule has 1 aromatic heterocycles. The van der Waals surface area contributed by atoms with Crippen molar-refractivity contribution in [3.63, 3.8) is 0 Å². The molecule has 0 bridgehead atoms. The maximum absolute atomic E-state index is 12.4. The number of pyridine rings is 1. The minimum atomic E-state index is -0.188. The van der Waals surface area contributed by atoms with Gasteiger partial charge < -0.3 is 10.2 Å². The van der Waals surface area contributed by atoms with Crippen LogP contribution >= 0.6 is 11.8 Å². The summed E-state index contributed by atoms with van der Waals surface area (Å²) >= 11 is 1.44. The van der Waals surface area contributed by atoms with Crippen LogP contribution in [0.15, 0.2) is 47.6 Å². The highest BCUT2D eigenvalue weighted by Gasteiger charge is 2.21. The van der Waals surface area contributed by atoms with Crippen LogP contribution in [-0.4, -0.2) is 29.6 Å². The number of carbonyl (C=O) groups excluding carboxylic acids is 2. The zero-order valence-electron chi connectivity index (χ0n) is 12.8. The number of rotatable bonds is 4. The molecule has 2 heterocycles. The van der Waals surface area contributed by atoms with E-state index in [2.05, 4.69) is 10.3 Å². The number of hydrogen-bond acceptors (Lipinski definition) is 4. The topological polar surface area (TPSA) is 62.3 Å². The van der Waals surface area contributed by atoms with Gasteiger partial charge in [-0.15, -0.1) is 11.8 Å². The van der Waals surface area contributed by atoms with Crippen LogP contribution in [0.2, 0.25) is 0 Å². The van der Waals surface area contributed by atoms with E-state index in [1.54, 1.807) is 23.2 Å². The molecule has 6 heteroatoms. The molecule has 5 nitrogen and oxygen atoms in total. The molecule has 1 saturated heterocycles. The third-order valence-electron chi connectivity index (χ3n) is 3.72. The van der Waals surface area contributed by atoms with E-state index in [-0.39, 0.29) is 11.8 Å². The van der Waals surface area contributed by atoms with Gasteiger partial charge in [0.05, 0.1) is 5.56 Å². The zero-order valence-corrected chi connectivity index (χ0v) is 13.6. The minimum absolute atomic E-state index is 0.154. The molecule has 0 spiro atoms. The number of anilines is 2. The van der Waals surface area contributed by atoms with Gasteiger partial charge in [0.2, 0.25) is 5.91 Å². The van der Waals surface area contributed by atoms with Gasteiger partial charge in [-0.25, -0.2) is 4.98 Å². The van der Waals surface area contributed by atoms with Crippen LogP contribution in [0.4, 0.5) is 11.4 Å². The first-order valence-electron chi connectivity index (χ1n) is 7.40. The highest BCUT2D eigenvalue weighted by Crippen LogP contribution is 2.24. The molecular formula is C17H17N3O2S. The molecule has 23 heavy (non-hydrogen) atoms. The Labute approximate surface area is 139 Å². The van der Waals surface area contributed by atoms with E-state index in [0.717, 1.165) is 18.7 Å². The van der Waals surface area contributed by atoms with Crippen LogP contribution in [0.1, 0.15) is 23.2 Å². The van der Waals surface area contributed by atoms with Crippen molar-refractivity contribution in [1.82, 2.24) is 4.98 Å². The predicted molar refractivity (Wildman–Crippen MR) is 92.0 cm³/mol. The molecule has 0 radical (unpaired) electrons. The second-order valence-corrected chi connectivity index (χ2v) is 6.01. The molecule has 0 unspecified atom stereocenters. The molecule has 0 saturated carbocycles. The van der Waals surface area contributed by atoms with Gasteiger partial charge in [0, 0.05) is 30.5 Å². The molecule has 118 valence electrons. The fourth-order valence-corrected chi connectivity index (χ4v) is 3.12. The first-order valence-corrected chi connectivity index (χ1v) is 8.62. The van der Waals surface area contributed by atoms with Crippen molar-refractivity contribution in [3.8, 4) is 0 Å². The first kappa shape index (κ1) is 15.6. The van der Waals surface area contributed by atoms with Gasteiger partial charge in [0.1, 0.15) is 5.03 Å². The summed E-state index contributed by atoms with van der Waals surface area (Å²) in [6, 6.07) is 10.8. The van der Waals surface area contributed by atoms with E-state index >= 15 is 0 Å². The summed E-state index contributed by atoms with van der Waals surface area (Å²) in [5.41, 5.74) is 2.12. The standard InChI is InChI=1S/C17H17N3O2S/c1-23-17-14(4-2-10-18-17)16(22)19-12-6-8-13(9-7-12)20-11-3-5-15(20)21/h2,4,6-10H,3,5,11H2,1H3,(H,19,22). The van der Waals surface area contributed by atoms with Gasteiger partial charge >= 0.3 is 0 Å². The van der Waals surface area contributed by atoms with Crippen LogP contribution in [0, 0.1) is 0 Å². The van der Waals surface area contributed by atoms with Gasteiger partial charge in [-0.3, -0.25) is 9.59 Å². The molecule has 2 amide bonds. The number of carbonyl (C=O) groups is 2. The largest absolute Gasteiger partial charge is 0.322 e. The lowest BCUT2D eigenvalue weighted by molar-refractivity contribution is -0.117. The summed E-state index contributed by atoms with van der Waals surface area (Å²) in [6.07, 6.45) is 5.07. The predicted octanol–water partition coefficient (Wildman–Crippen LogP) is 3.18. The van der Waals surface area contributed by atoms with Gasteiger partial charge in [-0.05, 0) is 49.1 Å². The quantitative estimate of drug-likeness (QED) is 0.876. The van der Waals surface area contributed by atoms with Crippen molar-refractivity contribution < 1.29 is 9.59 Å². The molecule has 1 fully saturated rings. The molecular weight excluding hydrogens is 310 g/mol. The Kier molecular flexibility index (Phi) is 4.62. The number of amides is 2. The third kappa shape index (κ3) is 3.37. The second kappa shape index (κ2) is 6.83. The van der Waals surface area contributed by atoms with Crippen molar-refractivity contribution in [2.45, 2.75) is 17.9 Å². The fourth-order valence-electron chi connectivity index (χ4n) is 2.57. The molecule has 1 aliphatic rings. The van der Waals surface area contributed by atoms with Crippen LogP contribution < -0.4 is 10.2 Å². The lowest BCUT2D eigenvalue weighted by atomic mass is 10.2. The van der Waals surface area contributed by atoms with E-state index < -0.39 is 0 Å². The summed E-state index contributed by atoms with van der Waals surface area (Å²) in [5, 5.41) is 3.56. The van der Waals surface area contributed by atoms with Gasteiger partial charge in [0.15, 0.2) is 0 Å². The Morgan fingerprint density at radius 3 is 2.70 bits per heavy atom. The van der Waals surface area contributed by atoms with Crippen molar-refractivity contribution in [2.24, 2.45) is 0 Å². The van der Waals surface area contributed by atoms with Gasteiger partial charge in [-0.1, -0.05) is 0 Å². The molecule has 2 aromatic rings. The minimum Gasteiger partial charge on any atom is -0.322 e. The summed E-state index contributed by atoms with van der Waals surface area (Å²) in [7, 11) is 0. The molecule has 3 rings (SSSR count). The zero-order chi connectivity index (χ0) is 16.2. The smallest absolute Gasteiger partial charge is 0.258 e. The summed E-state index contributed by atoms with van der Waals surface area (Å²) in [4.78, 5) is 30.1. The highest BCUT2D eigenvalue weighted by atomic mass is 32.2. The number of nitrogens with one attached hydrogen (secondary N) is 1. The monoisotopic (exact) mass is 327 g/mol. The van der Waals surface area contributed by atoms with Crippen LogP contribution in [0.25, 0.3) is 0 Å². The Balaban J connectivity index is 1.73. The average molecular weight is 327 g/mol. The molecule has 1 N–H and O–H groups in total. The molecule has 0 atom stereocenters. The van der Waals surface area contributed by atoms with Crippen molar-refractivity contribution in [2.75, 3.05) is 23.0 Å². The Morgan fingerprint density at radius 2 is 2.04 bits per heavy atom. The summed E-state index contributed by atoms with van der Waals surface area (Å²) in [5.74, 6) is -0.0331. The molecule has 0 aliphatic carbocycles. The summed E-state index contributed by atoms with van der Waals surface area (Å²) < 4.78 is 0. The highest BCUT2D eigenvalue weighted by molar-refractivity contribution is 7.98. The van der Waals surface area contributed by atoms with Crippen LogP contribution in [0.3, 0.4) is 0 Å². The number of thioether (sulfide) groups is 1. The molecule has 1 aliphatic heterocycles. The van der Waals surface area contributed by atoms with Gasteiger partial charge in [-0.2, -0.15) is 0 Å². The maximum atomic E-state index is 12.4. The van der Waals surface area contributed by atoms with Crippen LogP contribution in [-0.2, 0) is 4.79 Å². The van der Waals surface area contributed by atoms with Crippen molar-refractivity contribution in [1.29, 1.82) is 0 Å². The van der Waals surface area contributed by atoms with Gasteiger partial charge in [0.25, 0.3) is 5.91 Å². The number of aromatic nitrogens is 1. The molecule has 1 aromatic carbocycles. The first-order chi connectivity index (χ1) is 11.2. The second-order valence-electron chi connectivity index (χ2n) is 5.21. The summed E-state index contributed by atoms with van der Waals surface area (Å²) in [6.45, 7) is 0.761. The fraction of sp³-hybridized carbons (Fsp3) is 0.235. The SMILES string of the molecule is CSc1ncccc1C(=O)Nc1ccc(N2CCCC2=O)cc1. The van der Waals surface area contributed by atoms with Crippen LogP contribution in [0.5, 0.6) is 0 Å². The number of nitrogens with zero attached hydrogens (tertiary/aromatic N) is 2. The lowest BCUT2D eigenvalue weighted by Gasteiger charge is -2.16. The van der Waals surface area contributed by atoms with E-state index in [4.69, 9.17) is 0 Å². The van der Waals surface area contributed by atoms with E-state index in [0.29, 0.717) is 22.7 Å². The number of benzene rings is 1. The Hall–Kier alpha value is -2.34. The van der Waals surface area contributed by atoms with E-state index in [1.165, 1.54) is 11.8 Å². The van der Waals surface area contributed by atoms with E-state index in [1.807, 2.05) is 30.5 Å². The third-order valence-corrected chi connectivity index (χ3v) is 4.43. The number of hydrogen-bond donors (Lipinski definition) is 1. The Bertz CT molecular complexity index is 731. The maximum Gasteiger partial charge on any atom is 0.258 e. The average Bonchev–Trinajstić information content (AvgIpc) is 3.01. The Morgan fingerprint density at radius 1 is 1.26 bits per heavy atom.